The van der Waals surface area contributed by atoms with Crippen LogP contribution in [0.15, 0.2) is 23.3 Å². The predicted octanol–water partition coefficient (Wildman–Crippen LogP) is 3.62. The number of ketones is 1. The Labute approximate surface area is 221 Å². The van der Waals surface area contributed by atoms with Gasteiger partial charge >= 0.3 is 5.97 Å². The Kier molecular flexibility index (Phi) is 7.61. The molecule has 8 atom stereocenters. The minimum Gasteiger partial charge on any atom is -0.459 e. The van der Waals surface area contributed by atoms with Gasteiger partial charge in [0.05, 0.1) is 12.2 Å². The van der Waals surface area contributed by atoms with Crippen molar-refractivity contribution in [2.45, 2.75) is 115 Å². The zero-order valence-corrected chi connectivity index (χ0v) is 23.1. The van der Waals surface area contributed by atoms with Crippen LogP contribution in [0, 0.1) is 29.1 Å². The lowest BCUT2D eigenvalue weighted by atomic mass is 9.59. The average molecular weight is 519 g/mol. The van der Waals surface area contributed by atoms with Gasteiger partial charge in [0.1, 0.15) is 17.3 Å². The quantitative estimate of drug-likeness (QED) is 0.198. The van der Waals surface area contributed by atoms with Crippen LogP contribution in [-0.4, -0.2) is 61.7 Å². The minimum absolute atomic E-state index is 0.0827. The first-order valence-corrected chi connectivity index (χ1v) is 14.2. The highest BCUT2D eigenvalue weighted by molar-refractivity contribution is 6.04. The maximum atomic E-state index is 13.1. The number of Topliss-reactive ketones (excluding diaryl/α,β-unsaturated/α-hetero) is 1. The molecule has 4 aliphatic carbocycles. The summed E-state index contributed by atoms with van der Waals surface area (Å²) in [4.78, 5) is 26.1. The number of ether oxygens (including phenoxy) is 1. The number of fused-ring (bicyclic) bond motifs is 5. The van der Waals surface area contributed by atoms with Crippen molar-refractivity contribution in [3.8, 4) is 0 Å². The molecule has 0 bridgehead atoms. The summed E-state index contributed by atoms with van der Waals surface area (Å²) in [6, 6.07) is 0. The van der Waals surface area contributed by atoms with E-state index in [2.05, 4.69) is 6.92 Å². The molecule has 0 saturated heterocycles. The van der Waals surface area contributed by atoms with E-state index >= 15 is 0 Å². The Balaban J connectivity index is 1.60. The molecule has 37 heavy (non-hydrogen) atoms. The molecule has 0 radical (unpaired) electrons. The third-order valence-corrected chi connectivity index (χ3v) is 10.2. The number of esters is 1. The van der Waals surface area contributed by atoms with Crippen LogP contribution in [0.25, 0.3) is 0 Å². The Morgan fingerprint density at radius 1 is 1.05 bits per heavy atom. The molecule has 7 nitrogen and oxygen atoms in total. The average Bonchev–Trinajstić information content (AvgIpc) is 3.24. The second-order valence-electron chi connectivity index (χ2n) is 12.7. The summed E-state index contributed by atoms with van der Waals surface area (Å²) in [5.74, 6) is -3.66. The van der Waals surface area contributed by atoms with Crippen LogP contribution in [0.2, 0.25) is 0 Å². The molecule has 2 saturated carbocycles. The van der Waals surface area contributed by atoms with Crippen LogP contribution < -0.4 is 0 Å². The molecule has 4 aliphatic rings. The van der Waals surface area contributed by atoms with Crippen molar-refractivity contribution in [1.29, 1.82) is 0 Å². The molecule has 0 aromatic rings. The van der Waals surface area contributed by atoms with Gasteiger partial charge in [-0.2, -0.15) is 0 Å². The van der Waals surface area contributed by atoms with Gasteiger partial charge < -0.3 is 25.2 Å². The number of carbonyl (C=O) groups is 2. The van der Waals surface area contributed by atoms with E-state index in [4.69, 9.17) is 4.74 Å². The van der Waals surface area contributed by atoms with Gasteiger partial charge in [-0.3, -0.25) is 9.59 Å². The number of hydrogen-bond donors (Lipinski definition) is 4. The van der Waals surface area contributed by atoms with E-state index < -0.39 is 63.7 Å². The molecule has 0 spiro atoms. The molecule has 0 aromatic heterocycles. The van der Waals surface area contributed by atoms with Gasteiger partial charge in [-0.05, 0) is 24.5 Å². The Morgan fingerprint density at radius 2 is 1.68 bits per heavy atom. The van der Waals surface area contributed by atoms with Crippen molar-refractivity contribution in [2.24, 2.45) is 29.1 Å². The summed E-state index contributed by atoms with van der Waals surface area (Å²) in [5, 5.41) is 46.1. The molecule has 0 aromatic carbocycles. The summed E-state index contributed by atoms with van der Waals surface area (Å²) < 4.78 is 5.98. The second-order valence-corrected chi connectivity index (χ2v) is 12.7. The maximum absolute atomic E-state index is 13.1. The predicted molar refractivity (Wildman–Crippen MR) is 139 cm³/mol. The summed E-state index contributed by atoms with van der Waals surface area (Å²) in [6.45, 7) is 8.99. The van der Waals surface area contributed by atoms with Crippen LogP contribution in [0.1, 0.15) is 92.4 Å². The molecule has 4 rings (SSSR count). The molecule has 0 unspecified atom stereocenters. The summed E-state index contributed by atoms with van der Waals surface area (Å²) in [6.07, 6.45) is 10.1. The van der Waals surface area contributed by atoms with Crippen LogP contribution in [0.4, 0.5) is 0 Å². The number of hydrogen-bond acceptors (Lipinski definition) is 7. The van der Waals surface area contributed by atoms with E-state index in [-0.39, 0.29) is 19.4 Å². The Morgan fingerprint density at radius 3 is 2.30 bits per heavy atom. The van der Waals surface area contributed by atoms with E-state index in [1.807, 2.05) is 13.8 Å². The van der Waals surface area contributed by atoms with Crippen LogP contribution in [0.3, 0.4) is 0 Å². The first kappa shape index (κ1) is 28.5. The van der Waals surface area contributed by atoms with E-state index in [0.29, 0.717) is 17.6 Å². The van der Waals surface area contributed by atoms with Crippen molar-refractivity contribution in [3.05, 3.63) is 23.3 Å². The van der Waals surface area contributed by atoms with Crippen molar-refractivity contribution in [2.75, 3.05) is 6.61 Å². The van der Waals surface area contributed by atoms with Gasteiger partial charge in [0.2, 0.25) is 0 Å². The number of aliphatic hydroxyl groups is 4. The fraction of sp³-hybridized carbons (Fsp3) is 0.800. The van der Waals surface area contributed by atoms with Crippen LogP contribution >= 0.6 is 0 Å². The third kappa shape index (κ3) is 4.16. The number of aliphatic hydroxyl groups excluding tert-OH is 1. The molecule has 2 fully saturated rings. The van der Waals surface area contributed by atoms with Crippen LogP contribution in [-0.2, 0) is 14.3 Å². The largest absolute Gasteiger partial charge is 0.459 e. The summed E-state index contributed by atoms with van der Waals surface area (Å²) >= 11 is 0. The Bertz CT molecular complexity index is 982. The highest BCUT2D eigenvalue weighted by Crippen LogP contribution is 2.75. The lowest BCUT2D eigenvalue weighted by Crippen LogP contribution is -2.65. The molecule has 0 heterocycles. The first-order valence-electron chi connectivity index (χ1n) is 14.2. The standard InChI is InChI=1S/C30H46O7/c1-6-7-8-9-10-11-12-13-23(32)37-26-19(3)29(35)21(24-27(4,5)30(24,26)36)15-20(17-31)16-28(34)22(29)14-18(2)25(28)33/h14-15,19,21-22,24,26,31,34-36H,6-13,16-17H2,1-5H3/t19-,21+,22-,24-,26-,28-,29-,30-/m1/s1. The maximum Gasteiger partial charge on any atom is 0.306 e. The fourth-order valence-corrected chi connectivity index (χ4v) is 8.03. The fourth-order valence-electron chi connectivity index (χ4n) is 8.03. The first-order chi connectivity index (χ1) is 17.3. The van der Waals surface area contributed by atoms with Gasteiger partial charge in [-0.25, -0.2) is 0 Å². The van der Waals surface area contributed by atoms with Crippen molar-refractivity contribution < 1.29 is 34.8 Å². The third-order valence-electron chi connectivity index (χ3n) is 10.2. The summed E-state index contributed by atoms with van der Waals surface area (Å²) in [7, 11) is 0. The normalized spacial score (nSPS) is 41.6. The molecular weight excluding hydrogens is 472 g/mol. The lowest BCUT2D eigenvalue weighted by Gasteiger charge is -2.52. The van der Waals surface area contributed by atoms with Gasteiger partial charge in [0, 0.05) is 41.9 Å². The SMILES string of the molecule is CCCCCCCCCC(=O)O[C@@H]1[C@@H](C)[C@@]2(O)[C@@H](C=C(CO)C[C@]3(O)C(=O)C(C)=C[C@@H]23)[C@@H]2C(C)(C)[C@]12O. The Hall–Kier alpha value is -1.54. The van der Waals surface area contributed by atoms with Gasteiger partial charge in [0.25, 0.3) is 0 Å². The lowest BCUT2D eigenvalue weighted by molar-refractivity contribution is -0.221. The van der Waals surface area contributed by atoms with Crippen molar-refractivity contribution >= 4 is 11.8 Å². The molecule has 0 amide bonds. The highest BCUT2D eigenvalue weighted by Gasteiger charge is 2.85. The topological polar surface area (TPSA) is 124 Å². The van der Waals surface area contributed by atoms with Crippen LogP contribution in [0.5, 0.6) is 0 Å². The summed E-state index contributed by atoms with van der Waals surface area (Å²) in [5.41, 5.74) is -4.75. The smallest absolute Gasteiger partial charge is 0.306 e. The van der Waals surface area contributed by atoms with Crippen molar-refractivity contribution in [1.82, 2.24) is 0 Å². The van der Waals surface area contributed by atoms with E-state index in [1.54, 1.807) is 26.0 Å². The van der Waals surface area contributed by atoms with Gasteiger partial charge in [-0.15, -0.1) is 0 Å². The van der Waals surface area contributed by atoms with Gasteiger partial charge in [0.15, 0.2) is 5.78 Å². The van der Waals surface area contributed by atoms with E-state index in [0.717, 1.165) is 19.3 Å². The number of carbonyl (C=O) groups excluding carboxylic acids is 2. The second kappa shape index (κ2) is 9.89. The van der Waals surface area contributed by atoms with E-state index in [1.165, 1.54) is 19.3 Å². The highest BCUT2D eigenvalue weighted by atomic mass is 16.6. The number of unbranched alkanes of at least 4 members (excludes halogenated alkanes) is 6. The zero-order valence-electron chi connectivity index (χ0n) is 23.1. The van der Waals surface area contributed by atoms with Crippen molar-refractivity contribution in [3.63, 3.8) is 0 Å². The zero-order chi connectivity index (χ0) is 27.4. The molecule has 208 valence electrons. The molecule has 7 heteroatoms. The molecule has 4 N–H and O–H groups in total. The molecular formula is C30H46O7. The van der Waals surface area contributed by atoms with Gasteiger partial charge in [-0.1, -0.05) is 78.4 Å². The number of rotatable bonds is 10. The monoisotopic (exact) mass is 518 g/mol. The van der Waals surface area contributed by atoms with E-state index in [9.17, 15) is 30.0 Å². The molecule has 0 aliphatic heterocycles. The minimum atomic E-state index is -1.89.